The van der Waals surface area contributed by atoms with Gasteiger partial charge in [0.15, 0.2) is 0 Å². The number of pyridine rings is 1. The van der Waals surface area contributed by atoms with Gasteiger partial charge in [-0.05, 0) is 25.0 Å². The zero-order valence-corrected chi connectivity index (χ0v) is 8.57. The number of carbonyl (C=O) groups is 1. The number of hydrogen-bond donors (Lipinski definition) is 2. The predicted octanol–water partition coefficient (Wildman–Crippen LogP) is 1.26. The topological polar surface area (TPSA) is 54.0 Å². The van der Waals surface area contributed by atoms with E-state index in [0.29, 0.717) is 11.6 Å². The van der Waals surface area contributed by atoms with Gasteiger partial charge in [-0.15, -0.1) is 0 Å². The molecule has 1 aliphatic carbocycles. The highest BCUT2D eigenvalue weighted by molar-refractivity contribution is 5.93. The van der Waals surface area contributed by atoms with Crippen molar-refractivity contribution in [1.29, 1.82) is 0 Å². The molecule has 0 aromatic carbocycles. The van der Waals surface area contributed by atoms with E-state index in [0.717, 1.165) is 12.8 Å². The lowest BCUT2D eigenvalue weighted by molar-refractivity contribution is 0.0925. The highest BCUT2D eigenvalue weighted by Gasteiger charge is 2.15. The second-order valence-corrected chi connectivity index (χ2v) is 3.82. The third-order valence-corrected chi connectivity index (χ3v) is 2.67. The maximum atomic E-state index is 11.6. The monoisotopic (exact) mass is 205 g/mol. The molecule has 0 aliphatic heterocycles. The van der Waals surface area contributed by atoms with Crippen LogP contribution in [0.25, 0.3) is 0 Å². The number of aromatic nitrogens is 1. The summed E-state index contributed by atoms with van der Waals surface area (Å²) in [6.07, 6.45) is 8.01. The number of amides is 1. The zero-order chi connectivity index (χ0) is 10.5. The summed E-state index contributed by atoms with van der Waals surface area (Å²) in [4.78, 5) is 15.5. The van der Waals surface area contributed by atoms with Crippen molar-refractivity contribution in [1.82, 2.24) is 15.8 Å². The van der Waals surface area contributed by atoms with Crippen molar-refractivity contribution in [3.63, 3.8) is 0 Å². The number of hydrazine groups is 1. The normalized spacial score (nSPS) is 16.5. The van der Waals surface area contributed by atoms with E-state index in [1.54, 1.807) is 24.5 Å². The Labute approximate surface area is 89.1 Å². The van der Waals surface area contributed by atoms with Crippen molar-refractivity contribution in [2.45, 2.75) is 31.7 Å². The van der Waals surface area contributed by atoms with Gasteiger partial charge in [-0.2, -0.15) is 0 Å². The molecule has 0 unspecified atom stereocenters. The van der Waals surface area contributed by atoms with Crippen LogP contribution < -0.4 is 10.9 Å². The zero-order valence-electron chi connectivity index (χ0n) is 8.57. The molecule has 1 saturated carbocycles. The molecule has 15 heavy (non-hydrogen) atoms. The van der Waals surface area contributed by atoms with Crippen molar-refractivity contribution in [2.24, 2.45) is 0 Å². The van der Waals surface area contributed by atoms with Gasteiger partial charge in [-0.3, -0.25) is 15.2 Å². The molecule has 4 heteroatoms. The van der Waals surface area contributed by atoms with Gasteiger partial charge in [-0.1, -0.05) is 12.8 Å². The minimum Gasteiger partial charge on any atom is -0.287 e. The van der Waals surface area contributed by atoms with E-state index < -0.39 is 0 Å². The van der Waals surface area contributed by atoms with Gasteiger partial charge in [0.1, 0.15) is 0 Å². The molecule has 2 N–H and O–H groups in total. The van der Waals surface area contributed by atoms with Crippen LogP contribution in [0.3, 0.4) is 0 Å². The van der Waals surface area contributed by atoms with Crippen LogP contribution in [0.15, 0.2) is 24.5 Å². The maximum Gasteiger partial charge on any atom is 0.266 e. The molecule has 0 atom stereocenters. The van der Waals surface area contributed by atoms with E-state index in [1.807, 2.05) is 0 Å². The summed E-state index contributed by atoms with van der Waals surface area (Å²) in [7, 11) is 0. The molecule has 1 heterocycles. The Morgan fingerprint density at radius 1 is 1.40 bits per heavy atom. The third-order valence-electron chi connectivity index (χ3n) is 2.67. The van der Waals surface area contributed by atoms with Gasteiger partial charge >= 0.3 is 0 Å². The smallest absolute Gasteiger partial charge is 0.266 e. The quantitative estimate of drug-likeness (QED) is 0.730. The van der Waals surface area contributed by atoms with Gasteiger partial charge in [0.2, 0.25) is 0 Å². The first-order valence-corrected chi connectivity index (χ1v) is 5.32. The fourth-order valence-corrected chi connectivity index (χ4v) is 1.81. The Balaban J connectivity index is 1.82. The van der Waals surface area contributed by atoms with Crippen LogP contribution in [0.1, 0.15) is 36.0 Å². The molecule has 2 rings (SSSR count). The van der Waals surface area contributed by atoms with E-state index in [1.165, 1.54) is 12.8 Å². The molecule has 80 valence electrons. The second-order valence-electron chi connectivity index (χ2n) is 3.82. The van der Waals surface area contributed by atoms with E-state index in [-0.39, 0.29) is 5.91 Å². The van der Waals surface area contributed by atoms with Gasteiger partial charge in [0, 0.05) is 18.4 Å². The first-order valence-electron chi connectivity index (χ1n) is 5.32. The number of nitrogens with zero attached hydrogens (tertiary/aromatic N) is 1. The van der Waals surface area contributed by atoms with Crippen LogP contribution in [0.5, 0.6) is 0 Å². The van der Waals surface area contributed by atoms with Gasteiger partial charge in [0.05, 0.1) is 5.56 Å². The van der Waals surface area contributed by atoms with E-state index in [4.69, 9.17) is 0 Å². The lowest BCUT2D eigenvalue weighted by Gasteiger charge is -2.12. The van der Waals surface area contributed by atoms with Crippen LogP contribution in [-0.4, -0.2) is 16.9 Å². The van der Waals surface area contributed by atoms with E-state index >= 15 is 0 Å². The Bertz CT molecular complexity index is 320. The number of hydrogen-bond acceptors (Lipinski definition) is 3. The minimum atomic E-state index is -0.116. The molecule has 1 aromatic heterocycles. The standard InChI is InChI=1S/C11H15N3O/c15-11(9-4-3-7-12-8-9)14-13-10-5-1-2-6-10/h3-4,7-8,10,13H,1-2,5-6H2,(H,14,15). The Morgan fingerprint density at radius 2 is 2.20 bits per heavy atom. The summed E-state index contributed by atoms with van der Waals surface area (Å²) in [5, 5.41) is 0. The molecule has 1 aliphatic rings. The molecule has 1 fully saturated rings. The van der Waals surface area contributed by atoms with Crippen molar-refractivity contribution in [3.05, 3.63) is 30.1 Å². The summed E-state index contributed by atoms with van der Waals surface area (Å²) in [6.45, 7) is 0. The maximum absolute atomic E-state index is 11.6. The highest BCUT2D eigenvalue weighted by atomic mass is 16.2. The lowest BCUT2D eigenvalue weighted by atomic mass is 10.2. The van der Waals surface area contributed by atoms with Crippen LogP contribution >= 0.6 is 0 Å². The molecule has 0 saturated heterocycles. The van der Waals surface area contributed by atoms with Gasteiger partial charge in [-0.25, -0.2) is 5.43 Å². The third kappa shape index (κ3) is 2.76. The summed E-state index contributed by atoms with van der Waals surface area (Å²) in [5.74, 6) is -0.116. The average Bonchev–Trinajstić information content (AvgIpc) is 2.80. The van der Waals surface area contributed by atoms with Crippen molar-refractivity contribution >= 4 is 5.91 Å². The molecule has 0 spiro atoms. The molecular formula is C11H15N3O. The van der Waals surface area contributed by atoms with Crippen molar-refractivity contribution in [2.75, 3.05) is 0 Å². The van der Waals surface area contributed by atoms with Crippen molar-refractivity contribution < 1.29 is 4.79 Å². The molecule has 0 bridgehead atoms. The number of rotatable bonds is 3. The van der Waals surface area contributed by atoms with Crippen LogP contribution in [0.2, 0.25) is 0 Å². The van der Waals surface area contributed by atoms with Gasteiger partial charge in [0.25, 0.3) is 5.91 Å². The Morgan fingerprint density at radius 3 is 2.87 bits per heavy atom. The Hall–Kier alpha value is -1.42. The van der Waals surface area contributed by atoms with Crippen LogP contribution in [0, 0.1) is 0 Å². The van der Waals surface area contributed by atoms with Crippen LogP contribution in [-0.2, 0) is 0 Å². The minimum absolute atomic E-state index is 0.116. The predicted molar refractivity (Wildman–Crippen MR) is 57.1 cm³/mol. The SMILES string of the molecule is O=C(NNC1CCCC1)c1cccnc1. The first kappa shape index (κ1) is 10.1. The second kappa shape index (κ2) is 4.89. The molecular weight excluding hydrogens is 190 g/mol. The summed E-state index contributed by atoms with van der Waals surface area (Å²) in [6, 6.07) is 3.94. The molecule has 1 aromatic rings. The molecule has 1 amide bonds. The van der Waals surface area contributed by atoms with E-state index in [2.05, 4.69) is 15.8 Å². The Kier molecular flexibility index (Phi) is 3.29. The summed E-state index contributed by atoms with van der Waals surface area (Å²) >= 11 is 0. The number of nitrogens with one attached hydrogen (secondary N) is 2. The van der Waals surface area contributed by atoms with Crippen LogP contribution in [0.4, 0.5) is 0 Å². The summed E-state index contributed by atoms with van der Waals surface area (Å²) in [5.41, 5.74) is 6.35. The summed E-state index contributed by atoms with van der Waals surface area (Å²) < 4.78 is 0. The molecule has 4 nitrogen and oxygen atoms in total. The average molecular weight is 205 g/mol. The fourth-order valence-electron chi connectivity index (χ4n) is 1.81. The van der Waals surface area contributed by atoms with Crippen molar-refractivity contribution in [3.8, 4) is 0 Å². The molecule has 0 radical (unpaired) electrons. The largest absolute Gasteiger partial charge is 0.287 e. The van der Waals surface area contributed by atoms with E-state index in [9.17, 15) is 4.79 Å². The van der Waals surface area contributed by atoms with Gasteiger partial charge < -0.3 is 0 Å². The highest BCUT2D eigenvalue weighted by Crippen LogP contribution is 2.16. The number of carbonyl (C=O) groups excluding carboxylic acids is 1. The lowest BCUT2D eigenvalue weighted by Crippen LogP contribution is -2.43. The first-order chi connectivity index (χ1) is 7.36. The fraction of sp³-hybridized carbons (Fsp3) is 0.455.